The van der Waals surface area contributed by atoms with Gasteiger partial charge in [-0.1, -0.05) is 24.0 Å². The van der Waals surface area contributed by atoms with Crippen molar-refractivity contribution >= 4 is 34.8 Å². The molecule has 4 aromatic heterocycles. The van der Waals surface area contributed by atoms with Gasteiger partial charge in [0.2, 0.25) is 0 Å². The zero-order valence-electron chi connectivity index (χ0n) is 42.6. The second-order valence-electron chi connectivity index (χ2n) is 17.8. The van der Waals surface area contributed by atoms with Crippen LogP contribution >= 0.6 is 0 Å². The highest BCUT2D eigenvalue weighted by Gasteiger charge is 2.34. The van der Waals surface area contributed by atoms with Crippen LogP contribution in [0.2, 0.25) is 0 Å². The molecule has 8 rings (SSSR count). The number of alkyl halides is 6. The molecule has 2 fully saturated rings. The molecule has 0 unspecified atom stereocenters. The van der Waals surface area contributed by atoms with E-state index in [9.17, 15) is 35.9 Å². The smallest absolute Gasteiger partial charge is 0.378 e. The number of carbonyl (C=O) groups is 2. The number of aryl methyl sites for hydroxylation is 2. The average Bonchev–Trinajstić information content (AvgIpc) is 3.42. The number of halogens is 6. The second-order valence-corrected chi connectivity index (χ2v) is 17.8. The van der Waals surface area contributed by atoms with Gasteiger partial charge in [0.25, 0.3) is 11.8 Å². The Kier molecular flexibility index (Phi) is 18.5. The quantitative estimate of drug-likeness (QED) is 0.0764. The maximum atomic E-state index is 13.0. The molecule has 2 saturated heterocycles. The van der Waals surface area contributed by atoms with E-state index in [-0.39, 0.29) is 23.2 Å². The zero-order chi connectivity index (χ0) is 54.6. The number of nitrogens with zero attached hydrogens (tertiary/aromatic N) is 6. The van der Waals surface area contributed by atoms with Crippen molar-refractivity contribution in [2.24, 2.45) is 0 Å². The van der Waals surface area contributed by atoms with Crippen LogP contribution in [-0.4, -0.2) is 111 Å². The fraction of sp³-hybridized carbons (Fsp3) is 0.321. The number of hydrogen-bond acceptors (Lipinski definition) is 12. The Hall–Kier alpha value is -7.88. The molecule has 76 heavy (non-hydrogen) atoms. The predicted octanol–water partition coefficient (Wildman–Crippen LogP) is 9.04. The molecule has 0 bridgehead atoms. The van der Waals surface area contributed by atoms with Crippen LogP contribution in [0.1, 0.15) is 68.5 Å². The number of rotatable bonds is 10. The molecule has 0 radical (unpaired) electrons. The summed E-state index contributed by atoms with van der Waals surface area (Å²) in [6.07, 6.45) is -7.34. The molecule has 2 aliphatic heterocycles. The van der Waals surface area contributed by atoms with Crippen LogP contribution < -0.4 is 31.1 Å². The predicted molar refractivity (Wildman–Crippen MR) is 280 cm³/mol. The van der Waals surface area contributed by atoms with E-state index in [4.69, 9.17) is 19.4 Å². The highest BCUT2D eigenvalue weighted by molar-refractivity contribution is 6.05. The molecule has 6 heterocycles. The largest absolute Gasteiger partial charge is 0.433 e. The van der Waals surface area contributed by atoms with Crippen LogP contribution in [0.25, 0.3) is 22.3 Å². The molecule has 0 spiro atoms. The monoisotopic (exact) mass is 1050 g/mol. The molecule has 2 aromatic carbocycles. The summed E-state index contributed by atoms with van der Waals surface area (Å²) in [4.78, 5) is 45.9. The number of pyridine rings is 4. The maximum Gasteiger partial charge on any atom is 0.433 e. The minimum Gasteiger partial charge on any atom is -0.378 e. The number of anilines is 4. The lowest BCUT2D eigenvalue weighted by atomic mass is 9.99. The Morgan fingerprint density at radius 2 is 0.947 bits per heavy atom. The molecule has 2 amide bonds. The van der Waals surface area contributed by atoms with E-state index in [1.807, 2.05) is 78.2 Å². The number of nitrogens with one attached hydrogen (secondary N) is 4. The van der Waals surface area contributed by atoms with Crippen LogP contribution in [0.4, 0.5) is 49.4 Å². The first-order valence-corrected chi connectivity index (χ1v) is 24.3. The Morgan fingerprint density at radius 1 is 0.566 bits per heavy atom. The topological polar surface area (TPSA) is 159 Å². The number of carbonyl (C=O) groups excluding carboxylic acids is 2. The fourth-order valence-corrected chi connectivity index (χ4v) is 7.77. The van der Waals surface area contributed by atoms with Gasteiger partial charge in [0.05, 0.1) is 38.5 Å². The Labute approximate surface area is 437 Å². The molecule has 2 atom stereocenters. The number of hydrogen-bond donors (Lipinski definition) is 4. The van der Waals surface area contributed by atoms with Gasteiger partial charge in [0.15, 0.2) is 0 Å². The number of amides is 2. The zero-order valence-corrected chi connectivity index (χ0v) is 42.6. The van der Waals surface area contributed by atoms with Gasteiger partial charge < -0.3 is 40.5 Å². The summed E-state index contributed by atoms with van der Waals surface area (Å²) in [5.74, 6) is 12.8. The van der Waals surface area contributed by atoms with Crippen LogP contribution in [0.15, 0.2) is 97.3 Å². The summed E-state index contributed by atoms with van der Waals surface area (Å²) in [7, 11) is 3.67. The number of benzene rings is 2. The molecule has 2 aliphatic rings. The Morgan fingerprint density at radius 3 is 1.30 bits per heavy atom. The summed E-state index contributed by atoms with van der Waals surface area (Å²) in [6, 6.07) is 22.4. The lowest BCUT2D eigenvalue weighted by Gasteiger charge is -2.28. The molecular formula is C56H56F6N10O4. The van der Waals surface area contributed by atoms with Crippen molar-refractivity contribution in [3.8, 4) is 45.9 Å². The van der Waals surface area contributed by atoms with Crippen LogP contribution in [0.5, 0.6) is 0 Å². The molecule has 396 valence electrons. The third-order valence-corrected chi connectivity index (χ3v) is 12.2. The van der Waals surface area contributed by atoms with Crippen molar-refractivity contribution in [2.75, 3.05) is 87.1 Å². The SMILES string of the molecule is CN[C@@H](C)C#Cc1cc(-c2cc(NC(=O)c3ccnc(C(F)(F)F)c3)ccc2C)cc(N2CCOCC2)n1.CN[C@H](C)C#Cc1cc(-c2cc(NC(=O)c3ccnc(C(F)(F)F)c3)ccc2C)cc(N2CCOCC2)n1. The first-order valence-electron chi connectivity index (χ1n) is 24.3. The standard InChI is InChI=1S/2C28H28F3N5O2/c2*1-18-4-6-23(35-27(37)20-8-9-33-25(15-20)28(29,30)31)17-24(18)21-14-22(7-5-19(2)32-3)34-26(16-21)36-10-12-38-13-11-36/h2*4,6,8-9,14-17,19,32H,10-13H2,1-3H3,(H,35,37)/t2*19-/m10/s1. The van der Waals surface area contributed by atoms with Crippen LogP contribution in [0.3, 0.4) is 0 Å². The van der Waals surface area contributed by atoms with Crippen molar-refractivity contribution in [2.45, 2.75) is 52.1 Å². The third-order valence-electron chi connectivity index (χ3n) is 12.2. The van der Waals surface area contributed by atoms with Gasteiger partial charge in [0, 0.05) is 61.1 Å². The average molecular weight is 1050 g/mol. The maximum absolute atomic E-state index is 13.0. The van der Waals surface area contributed by atoms with Gasteiger partial charge in [-0.25, -0.2) is 9.97 Å². The van der Waals surface area contributed by atoms with Gasteiger partial charge in [0.1, 0.15) is 34.4 Å². The van der Waals surface area contributed by atoms with Crippen LogP contribution in [-0.2, 0) is 21.8 Å². The van der Waals surface area contributed by atoms with Crippen LogP contribution in [0, 0.1) is 37.5 Å². The Bertz CT molecular complexity index is 2960. The number of morpholine rings is 2. The summed E-state index contributed by atoms with van der Waals surface area (Å²) >= 11 is 0. The normalized spacial score (nSPS) is 14.4. The summed E-state index contributed by atoms with van der Waals surface area (Å²) < 4.78 is 89.2. The van der Waals surface area contributed by atoms with Crippen molar-refractivity contribution in [1.29, 1.82) is 0 Å². The van der Waals surface area contributed by atoms with E-state index in [0.29, 0.717) is 75.4 Å². The van der Waals surface area contributed by atoms with Crippen molar-refractivity contribution in [3.63, 3.8) is 0 Å². The minimum absolute atomic E-state index is 0.0152. The minimum atomic E-state index is -4.64. The molecular weight excluding hydrogens is 991 g/mol. The van der Waals surface area contributed by atoms with E-state index in [2.05, 4.69) is 64.7 Å². The molecule has 6 aromatic rings. The molecule has 20 heteroatoms. The van der Waals surface area contributed by atoms with Crippen molar-refractivity contribution in [3.05, 3.63) is 142 Å². The molecule has 14 nitrogen and oxygen atoms in total. The van der Waals surface area contributed by atoms with Gasteiger partial charge in [-0.05, 0) is 160 Å². The van der Waals surface area contributed by atoms with Gasteiger partial charge in [-0.2, -0.15) is 26.3 Å². The van der Waals surface area contributed by atoms with E-state index < -0.39 is 35.6 Å². The summed E-state index contributed by atoms with van der Waals surface area (Å²) in [5, 5.41) is 11.6. The third kappa shape index (κ3) is 15.1. The number of ether oxygens (including phenoxy) is 2. The number of aromatic nitrogens is 4. The Balaban J connectivity index is 0.000000221. The van der Waals surface area contributed by atoms with E-state index in [1.165, 1.54) is 12.1 Å². The molecule has 0 saturated carbocycles. The van der Waals surface area contributed by atoms with Gasteiger partial charge in [-0.3, -0.25) is 19.6 Å². The highest BCUT2D eigenvalue weighted by Crippen LogP contribution is 2.34. The lowest BCUT2D eigenvalue weighted by Crippen LogP contribution is -2.36. The lowest BCUT2D eigenvalue weighted by molar-refractivity contribution is -0.142. The van der Waals surface area contributed by atoms with E-state index in [1.54, 1.807) is 24.3 Å². The first kappa shape index (κ1) is 55.9. The molecule has 0 aliphatic carbocycles. The highest BCUT2D eigenvalue weighted by atomic mass is 19.4. The van der Waals surface area contributed by atoms with E-state index >= 15 is 0 Å². The molecule has 4 N–H and O–H groups in total. The fourth-order valence-electron chi connectivity index (χ4n) is 7.77. The first-order chi connectivity index (χ1) is 36.3. The van der Waals surface area contributed by atoms with E-state index in [0.717, 1.165) is 69.5 Å². The van der Waals surface area contributed by atoms with Gasteiger partial charge in [-0.15, -0.1) is 0 Å². The summed E-state index contributed by atoms with van der Waals surface area (Å²) in [5.41, 5.74) is 4.91. The second kappa shape index (κ2) is 25.1. The van der Waals surface area contributed by atoms with Gasteiger partial charge >= 0.3 is 12.4 Å². The summed E-state index contributed by atoms with van der Waals surface area (Å²) in [6.45, 7) is 13.1. The van der Waals surface area contributed by atoms with Crippen molar-refractivity contribution < 1.29 is 45.4 Å². The van der Waals surface area contributed by atoms with Crippen molar-refractivity contribution in [1.82, 2.24) is 30.6 Å².